The molecule has 2 N–H and O–H groups in total. The highest BCUT2D eigenvalue weighted by molar-refractivity contribution is 6.05. The molecule has 2 amide bonds. The molecule has 0 aliphatic heterocycles. The molecule has 0 saturated heterocycles. The highest BCUT2D eigenvalue weighted by Crippen LogP contribution is 2.71. The zero-order valence-electron chi connectivity index (χ0n) is 21.1. The maximum atomic E-state index is 13.5. The highest BCUT2D eigenvalue weighted by atomic mass is 16.2. The predicted molar refractivity (Wildman–Crippen MR) is 128 cm³/mol. The number of nitrogens with one attached hydrogen (secondary N) is 2. The van der Waals surface area contributed by atoms with Crippen molar-refractivity contribution in [1.82, 2.24) is 4.98 Å². The number of hydrogen-bond acceptors (Lipinski definition) is 5. The molecule has 7 heteroatoms. The van der Waals surface area contributed by atoms with Gasteiger partial charge in [-0.05, 0) is 48.6 Å². The molecule has 5 rings (SSSR count). The molecular weight excluding hydrogens is 430 g/mol. The van der Waals surface area contributed by atoms with Gasteiger partial charge < -0.3 is 10.6 Å². The maximum absolute atomic E-state index is 13.5. The number of carbonyl (C=O) groups is 4. The molecule has 34 heavy (non-hydrogen) atoms. The van der Waals surface area contributed by atoms with Gasteiger partial charge in [-0.15, -0.1) is 0 Å². The van der Waals surface area contributed by atoms with Crippen LogP contribution in [0.2, 0.25) is 0 Å². The lowest BCUT2D eigenvalue weighted by Gasteiger charge is -2.38. The second-order valence-corrected chi connectivity index (χ2v) is 12.6. The zero-order chi connectivity index (χ0) is 24.9. The van der Waals surface area contributed by atoms with E-state index in [-0.39, 0.29) is 36.2 Å². The van der Waals surface area contributed by atoms with Crippen LogP contribution in [0, 0.1) is 32.5 Å². The summed E-state index contributed by atoms with van der Waals surface area (Å²) in [5.41, 5.74) is -3.34. The third-order valence-corrected chi connectivity index (χ3v) is 11.5. The van der Waals surface area contributed by atoms with Crippen molar-refractivity contribution in [3.05, 3.63) is 18.2 Å². The van der Waals surface area contributed by atoms with Gasteiger partial charge >= 0.3 is 0 Å². The standard InChI is InChI=1S/C27H35N3O4/c1-22(2)24(5)10-12-26(22,14-16(24)31)20(33)29-18-8-7-9-19(28-18)30-21(34)27-13-11-25(6,17(32)15-27)23(27,3)4/h7-9H,10-15H2,1-6H3,(H2,28,29,30,33,34). The number of Topliss-reactive ketones (excluding diaryl/α,β-unsaturated/α-hetero) is 2. The van der Waals surface area contributed by atoms with Crippen molar-refractivity contribution in [2.45, 2.75) is 80.1 Å². The Labute approximate surface area is 200 Å². The van der Waals surface area contributed by atoms with E-state index in [1.165, 1.54) is 0 Å². The van der Waals surface area contributed by atoms with Gasteiger partial charge in [0.2, 0.25) is 11.8 Å². The number of pyridine rings is 1. The summed E-state index contributed by atoms with van der Waals surface area (Å²) in [6.07, 6.45) is 3.28. The minimum Gasteiger partial charge on any atom is -0.310 e. The van der Waals surface area contributed by atoms with E-state index in [1.54, 1.807) is 18.2 Å². The predicted octanol–water partition coefficient (Wildman–Crippen LogP) is 4.53. The summed E-state index contributed by atoms with van der Waals surface area (Å²) >= 11 is 0. The monoisotopic (exact) mass is 465 g/mol. The molecule has 7 nitrogen and oxygen atoms in total. The highest BCUT2D eigenvalue weighted by Gasteiger charge is 2.73. The van der Waals surface area contributed by atoms with Crippen molar-refractivity contribution in [2.75, 3.05) is 10.6 Å². The van der Waals surface area contributed by atoms with Gasteiger partial charge in [0, 0.05) is 23.7 Å². The van der Waals surface area contributed by atoms with Gasteiger partial charge in [0.15, 0.2) is 0 Å². The SMILES string of the molecule is CC12CCC(C(=O)Nc3cccc(NC(=O)C45CCC(C)(C(=O)C4)C5(C)C)n3)(CC1=O)C2(C)C. The molecule has 0 spiro atoms. The molecule has 4 unspecified atom stereocenters. The van der Waals surface area contributed by atoms with Crippen molar-refractivity contribution >= 4 is 35.0 Å². The average molecular weight is 466 g/mol. The molecule has 4 atom stereocenters. The normalized spacial score (nSPS) is 38.9. The summed E-state index contributed by atoms with van der Waals surface area (Å²) in [6, 6.07) is 5.12. The van der Waals surface area contributed by atoms with Gasteiger partial charge in [0.05, 0.1) is 10.8 Å². The summed E-state index contributed by atoms with van der Waals surface area (Å²) < 4.78 is 0. The van der Waals surface area contributed by atoms with E-state index in [0.29, 0.717) is 37.3 Å². The van der Waals surface area contributed by atoms with Crippen molar-refractivity contribution in [3.63, 3.8) is 0 Å². The largest absolute Gasteiger partial charge is 0.310 e. The fourth-order valence-electron chi connectivity index (χ4n) is 7.77. The van der Waals surface area contributed by atoms with Crippen molar-refractivity contribution < 1.29 is 19.2 Å². The lowest BCUT2D eigenvalue weighted by molar-refractivity contribution is -0.131. The van der Waals surface area contributed by atoms with Crippen LogP contribution in [0.1, 0.15) is 80.1 Å². The molecule has 4 aliphatic rings. The zero-order valence-corrected chi connectivity index (χ0v) is 21.1. The Bertz CT molecular complexity index is 1070. The van der Waals surface area contributed by atoms with Gasteiger partial charge in [0.25, 0.3) is 0 Å². The molecule has 4 aliphatic carbocycles. The number of aromatic nitrogens is 1. The van der Waals surface area contributed by atoms with Gasteiger partial charge in [-0.2, -0.15) is 0 Å². The first-order valence-corrected chi connectivity index (χ1v) is 12.3. The average Bonchev–Trinajstić information content (AvgIpc) is 3.22. The van der Waals surface area contributed by atoms with E-state index < -0.39 is 32.5 Å². The summed E-state index contributed by atoms with van der Waals surface area (Å²) in [5, 5.41) is 5.86. The van der Waals surface area contributed by atoms with Gasteiger partial charge in [0.1, 0.15) is 23.2 Å². The Morgan fingerprint density at radius 1 is 0.706 bits per heavy atom. The fourth-order valence-corrected chi connectivity index (χ4v) is 7.77. The third-order valence-electron chi connectivity index (χ3n) is 11.5. The molecule has 4 saturated carbocycles. The smallest absolute Gasteiger partial charge is 0.232 e. The van der Waals surface area contributed by atoms with Crippen LogP contribution in [-0.4, -0.2) is 28.4 Å². The van der Waals surface area contributed by atoms with Crippen LogP contribution in [0.15, 0.2) is 18.2 Å². The number of amides is 2. The molecule has 0 aromatic carbocycles. The first-order valence-electron chi connectivity index (χ1n) is 12.3. The molecule has 4 fully saturated rings. The Kier molecular flexibility index (Phi) is 4.47. The third kappa shape index (κ3) is 2.41. The number of ketones is 2. The minimum absolute atomic E-state index is 0.157. The second kappa shape index (κ2) is 6.55. The van der Waals surface area contributed by atoms with E-state index >= 15 is 0 Å². The summed E-state index contributed by atoms with van der Waals surface area (Å²) in [6.45, 7) is 12.0. The summed E-state index contributed by atoms with van der Waals surface area (Å²) in [4.78, 5) is 56.9. The number of fused-ring (bicyclic) bond motifs is 4. The molecule has 4 bridgehead atoms. The maximum Gasteiger partial charge on any atom is 0.232 e. The van der Waals surface area contributed by atoms with Crippen LogP contribution in [0.5, 0.6) is 0 Å². The van der Waals surface area contributed by atoms with Crippen molar-refractivity contribution in [1.29, 1.82) is 0 Å². The lowest BCUT2D eigenvalue weighted by Crippen LogP contribution is -2.44. The van der Waals surface area contributed by atoms with E-state index in [2.05, 4.69) is 15.6 Å². The molecule has 1 aromatic rings. The van der Waals surface area contributed by atoms with Crippen LogP contribution in [0.25, 0.3) is 0 Å². The summed E-state index contributed by atoms with van der Waals surface area (Å²) in [5.74, 6) is 0.633. The van der Waals surface area contributed by atoms with Gasteiger partial charge in [-0.25, -0.2) is 4.98 Å². The Hall–Kier alpha value is -2.57. The number of hydrogen-bond donors (Lipinski definition) is 2. The first-order chi connectivity index (χ1) is 15.7. The van der Waals surface area contributed by atoms with Crippen molar-refractivity contribution in [2.24, 2.45) is 32.5 Å². The quantitative estimate of drug-likeness (QED) is 0.680. The van der Waals surface area contributed by atoms with Crippen LogP contribution in [0.3, 0.4) is 0 Å². The summed E-state index contributed by atoms with van der Waals surface area (Å²) in [7, 11) is 0. The Balaban J connectivity index is 1.36. The van der Waals surface area contributed by atoms with Gasteiger partial charge in [-0.3, -0.25) is 19.2 Å². The Morgan fingerprint density at radius 3 is 1.38 bits per heavy atom. The first kappa shape index (κ1) is 23.2. The Morgan fingerprint density at radius 2 is 1.09 bits per heavy atom. The minimum atomic E-state index is -0.749. The fraction of sp³-hybridized carbons (Fsp3) is 0.667. The second-order valence-electron chi connectivity index (χ2n) is 12.6. The number of nitrogens with zero attached hydrogens (tertiary/aromatic N) is 1. The van der Waals surface area contributed by atoms with E-state index in [9.17, 15) is 19.2 Å². The van der Waals surface area contributed by atoms with E-state index in [0.717, 1.165) is 0 Å². The topological polar surface area (TPSA) is 105 Å². The van der Waals surface area contributed by atoms with Crippen LogP contribution in [0.4, 0.5) is 11.6 Å². The number of carbonyl (C=O) groups excluding carboxylic acids is 4. The molecular formula is C27H35N3O4. The molecule has 1 heterocycles. The van der Waals surface area contributed by atoms with E-state index in [4.69, 9.17) is 0 Å². The molecule has 182 valence electrons. The lowest BCUT2D eigenvalue weighted by atomic mass is 9.64. The van der Waals surface area contributed by atoms with E-state index in [1.807, 2.05) is 41.5 Å². The van der Waals surface area contributed by atoms with Crippen molar-refractivity contribution in [3.8, 4) is 0 Å². The van der Waals surface area contributed by atoms with Crippen LogP contribution < -0.4 is 10.6 Å². The molecule has 0 radical (unpaired) electrons. The van der Waals surface area contributed by atoms with Crippen LogP contribution in [-0.2, 0) is 19.2 Å². The number of rotatable bonds is 4. The number of anilines is 2. The molecule has 1 aromatic heterocycles. The van der Waals surface area contributed by atoms with Gasteiger partial charge in [-0.1, -0.05) is 47.6 Å². The van der Waals surface area contributed by atoms with Crippen LogP contribution >= 0.6 is 0 Å².